The number of methoxy groups -OCH3 is 2. The predicted molar refractivity (Wildman–Crippen MR) is 105 cm³/mol. The van der Waals surface area contributed by atoms with Crippen molar-refractivity contribution in [2.75, 3.05) is 20.8 Å². The number of aromatic nitrogens is 2. The average Bonchev–Trinajstić information content (AvgIpc) is 3.18. The number of rotatable bonds is 7. The minimum absolute atomic E-state index is 0.205. The molecule has 0 atom stereocenters. The second-order valence-corrected chi connectivity index (χ2v) is 6.31. The molecule has 140 valence electrons. The number of amides is 1. The highest BCUT2D eigenvalue weighted by atomic mass is 35.5. The zero-order chi connectivity index (χ0) is 19.2. The summed E-state index contributed by atoms with van der Waals surface area (Å²) in [5.41, 5.74) is 3.03. The number of nitrogens with zero attached hydrogens (tertiary/aromatic N) is 1. The Labute approximate surface area is 162 Å². The molecular formula is C20H20ClN3O3. The van der Waals surface area contributed by atoms with Crippen LogP contribution in [0.4, 0.5) is 0 Å². The number of halogens is 1. The van der Waals surface area contributed by atoms with E-state index in [1.165, 1.54) is 0 Å². The second-order valence-electron chi connectivity index (χ2n) is 5.87. The first-order valence-electron chi connectivity index (χ1n) is 8.41. The lowest BCUT2D eigenvalue weighted by molar-refractivity contribution is 0.0949. The van der Waals surface area contributed by atoms with Gasteiger partial charge in [-0.15, -0.1) is 0 Å². The van der Waals surface area contributed by atoms with Crippen LogP contribution in [0.3, 0.4) is 0 Å². The summed E-state index contributed by atoms with van der Waals surface area (Å²) in [6, 6.07) is 14.7. The first-order valence-corrected chi connectivity index (χ1v) is 8.79. The van der Waals surface area contributed by atoms with E-state index >= 15 is 0 Å². The van der Waals surface area contributed by atoms with Gasteiger partial charge in [0.15, 0.2) is 11.5 Å². The van der Waals surface area contributed by atoms with E-state index < -0.39 is 0 Å². The third-order valence-corrected chi connectivity index (χ3v) is 4.36. The number of benzene rings is 2. The maximum atomic E-state index is 12.3. The van der Waals surface area contributed by atoms with Gasteiger partial charge in [0, 0.05) is 17.1 Å². The van der Waals surface area contributed by atoms with Gasteiger partial charge in [-0.3, -0.25) is 9.89 Å². The Bertz CT molecular complexity index is 922. The van der Waals surface area contributed by atoms with E-state index in [1.54, 1.807) is 32.4 Å². The van der Waals surface area contributed by atoms with E-state index in [2.05, 4.69) is 15.5 Å². The minimum atomic E-state index is -0.205. The molecule has 2 N–H and O–H groups in total. The molecule has 0 aliphatic heterocycles. The molecule has 27 heavy (non-hydrogen) atoms. The standard InChI is InChI=1S/C20H20ClN3O3/c1-26-18-8-3-13(11-19(18)27-2)9-10-22-20(25)17-12-16(23-24-17)14-4-6-15(21)7-5-14/h3-8,11-12H,9-10H2,1-2H3,(H,22,25)(H,23,24). The topological polar surface area (TPSA) is 76.2 Å². The van der Waals surface area contributed by atoms with Crippen LogP contribution in [-0.4, -0.2) is 36.9 Å². The molecule has 0 aliphatic carbocycles. The van der Waals surface area contributed by atoms with Crippen molar-refractivity contribution in [3.63, 3.8) is 0 Å². The second kappa shape index (κ2) is 8.60. The van der Waals surface area contributed by atoms with Gasteiger partial charge in [-0.05, 0) is 42.3 Å². The number of hydrogen-bond acceptors (Lipinski definition) is 4. The van der Waals surface area contributed by atoms with E-state index in [1.807, 2.05) is 30.3 Å². The Morgan fingerprint density at radius 3 is 2.52 bits per heavy atom. The van der Waals surface area contributed by atoms with Crippen LogP contribution in [0.25, 0.3) is 11.3 Å². The van der Waals surface area contributed by atoms with Gasteiger partial charge in [0.25, 0.3) is 5.91 Å². The quantitative estimate of drug-likeness (QED) is 0.649. The zero-order valence-corrected chi connectivity index (χ0v) is 15.8. The van der Waals surface area contributed by atoms with Crippen molar-refractivity contribution in [3.8, 4) is 22.8 Å². The summed E-state index contributed by atoms with van der Waals surface area (Å²) in [5, 5.41) is 10.5. The molecule has 2 aromatic carbocycles. The molecule has 0 unspecified atom stereocenters. The number of carbonyl (C=O) groups is 1. The summed E-state index contributed by atoms with van der Waals surface area (Å²) in [5.74, 6) is 1.14. The Balaban J connectivity index is 1.58. The van der Waals surface area contributed by atoms with Crippen LogP contribution >= 0.6 is 11.6 Å². The lowest BCUT2D eigenvalue weighted by Gasteiger charge is -2.09. The highest BCUT2D eigenvalue weighted by molar-refractivity contribution is 6.30. The van der Waals surface area contributed by atoms with E-state index in [9.17, 15) is 4.79 Å². The van der Waals surface area contributed by atoms with Crippen LogP contribution in [-0.2, 0) is 6.42 Å². The third kappa shape index (κ3) is 4.60. The van der Waals surface area contributed by atoms with Crippen LogP contribution in [0, 0.1) is 0 Å². The maximum absolute atomic E-state index is 12.3. The molecule has 1 aromatic heterocycles. The van der Waals surface area contributed by atoms with Crippen molar-refractivity contribution in [2.45, 2.75) is 6.42 Å². The number of aromatic amines is 1. The molecule has 0 bridgehead atoms. The van der Waals surface area contributed by atoms with Crippen LogP contribution in [0.15, 0.2) is 48.5 Å². The summed E-state index contributed by atoms with van der Waals surface area (Å²) < 4.78 is 10.5. The molecular weight excluding hydrogens is 366 g/mol. The molecule has 1 heterocycles. The van der Waals surface area contributed by atoms with Crippen molar-refractivity contribution in [3.05, 3.63) is 64.8 Å². The van der Waals surface area contributed by atoms with Gasteiger partial charge in [0.1, 0.15) is 5.69 Å². The maximum Gasteiger partial charge on any atom is 0.269 e. The third-order valence-electron chi connectivity index (χ3n) is 4.11. The molecule has 1 amide bonds. The minimum Gasteiger partial charge on any atom is -0.493 e. The van der Waals surface area contributed by atoms with Gasteiger partial charge in [-0.25, -0.2) is 0 Å². The first-order chi connectivity index (χ1) is 13.1. The fourth-order valence-electron chi connectivity index (χ4n) is 2.66. The molecule has 6 nitrogen and oxygen atoms in total. The summed E-state index contributed by atoms with van der Waals surface area (Å²) in [6.07, 6.45) is 0.671. The number of hydrogen-bond donors (Lipinski definition) is 2. The predicted octanol–water partition coefficient (Wildman–Crippen LogP) is 3.72. The molecule has 7 heteroatoms. The van der Waals surface area contributed by atoms with Gasteiger partial charge >= 0.3 is 0 Å². The van der Waals surface area contributed by atoms with Gasteiger partial charge in [-0.1, -0.05) is 29.8 Å². The normalized spacial score (nSPS) is 10.5. The van der Waals surface area contributed by atoms with Gasteiger partial charge in [0.2, 0.25) is 0 Å². The molecule has 0 fully saturated rings. The van der Waals surface area contributed by atoms with Crippen molar-refractivity contribution in [1.29, 1.82) is 0 Å². The van der Waals surface area contributed by atoms with Crippen LogP contribution in [0.2, 0.25) is 5.02 Å². The molecule has 3 rings (SSSR count). The van der Waals surface area contributed by atoms with E-state index in [0.717, 1.165) is 11.1 Å². The number of nitrogens with one attached hydrogen (secondary N) is 2. The van der Waals surface area contributed by atoms with Crippen LogP contribution in [0.5, 0.6) is 11.5 Å². The van der Waals surface area contributed by atoms with Crippen molar-refractivity contribution < 1.29 is 14.3 Å². The monoisotopic (exact) mass is 385 g/mol. The number of H-pyrrole nitrogens is 1. The number of ether oxygens (including phenoxy) is 2. The smallest absolute Gasteiger partial charge is 0.269 e. The lowest BCUT2D eigenvalue weighted by Crippen LogP contribution is -2.26. The first kappa shape index (κ1) is 18.8. The number of carbonyl (C=O) groups excluding carboxylic acids is 1. The van der Waals surface area contributed by atoms with Gasteiger partial charge in [0.05, 0.1) is 19.9 Å². The van der Waals surface area contributed by atoms with Crippen molar-refractivity contribution in [2.24, 2.45) is 0 Å². The van der Waals surface area contributed by atoms with Gasteiger partial charge in [-0.2, -0.15) is 5.10 Å². The van der Waals surface area contributed by atoms with E-state index in [4.69, 9.17) is 21.1 Å². The fourth-order valence-corrected chi connectivity index (χ4v) is 2.78. The fraction of sp³-hybridized carbons (Fsp3) is 0.200. The summed E-state index contributed by atoms with van der Waals surface area (Å²) >= 11 is 5.89. The Morgan fingerprint density at radius 2 is 1.81 bits per heavy atom. The Morgan fingerprint density at radius 1 is 1.07 bits per heavy atom. The molecule has 0 radical (unpaired) electrons. The SMILES string of the molecule is COc1ccc(CCNC(=O)c2cc(-c3ccc(Cl)cc3)n[nH]2)cc1OC. The van der Waals surface area contributed by atoms with E-state index in [0.29, 0.717) is 40.9 Å². The highest BCUT2D eigenvalue weighted by Crippen LogP contribution is 2.27. The molecule has 0 saturated heterocycles. The molecule has 3 aromatic rings. The lowest BCUT2D eigenvalue weighted by atomic mass is 10.1. The van der Waals surface area contributed by atoms with Crippen molar-refractivity contribution >= 4 is 17.5 Å². The summed E-state index contributed by atoms with van der Waals surface area (Å²) in [6.45, 7) is 0.490. The molecule has 0 aliphatic rings. The Hall–Kier alpha value is -2.99. The van der Waals surface area contributed by atoms with Crippen molar-refractivity contribution in [1.82, 2.24) is 15.5 Å². The zero-order valence-electron chi connectivity index (χ0n) is 15.1. The highest BCUT2D eigenvalue weighted by Gasteiger charge is 2.11. The summed E-state index contributed by atoms with van der Waals surface area (Å²) in [4.78, 5) is 12.3. The average molecular weight is 386 g/mol. The summed E-state index contributed by atoms with van der Waals surface area (Å²) in [7, 11) is 3.19. The van der Waals surface area contributed by atoms with E-state index in [-0.39, 0.29) is 5.91 Å². The molecule has 0 saturated carbocycles. The van der Waals surface area contributed by atoms with Crippen LogP contribution in [0.1, 0.15) is 16.1 Å². The molecule has 0 spiro atoms. The van der Waals surface area contributed by atoms with Gasteiger partial charge < -0.3 is 14.8 Å². The Kier molecular flexibility index (Phi) is 5.98. The van der Waals surface area contributed by atoms with Crippen LogP contribution < -0.4 is 14.8 Å². The largest absolute Gasteiger partial charge is 0.493 e.